The first-order valence-corrected chi connectivity index (χ1v) is 8.58. The maximum atomic E-state index is 12.6. The van der Waals surface area contributed by atoms with Gasteiger partial charge < -0.3 is 23.9 Å². The van der Waals surface area contributed by atoms with Crippen LogP contribution in [-0.2, 0) is 13.0 Å². The number of ether oxygens (including phenoxy) is 2. The molecule has 0 aliphatic heterocycles. The van der Waals surface area contributed by atoms with E-state index in [1.54, 1.807) is 13.8 Å². The number of carboxylic acids is 1. The van der Waals surface area contributed by atoms with Crippen LogP contribution in [0.25, 0.3) is 0 Å². The van der Waals surface area contributed by atoms with Gasteiger partial charge in [-0.25, -0.2) is 4.79 Å². The first-order valence-electron chi connectivity index (χ1n) is 8.58. The second kappa shape index (κ2) is 9.20. The molecular weight excluding hydrogens is 376 g/mol. The number of aryl methyl sites for hydroxylation is 1. The van der Waals surface area contributed by atoms with Gasteiger partial charge in [0.25, 0.3) is 5.91 Å². The molecule has 0 unspecified atom stereocenters. The van der Waals surface area contributed by atoms with Crippen molar-refractivity contribution in [2.75, 3.05) is 13.7 Å². The standard InChI is InChI=1S/C19H21F2NO6/c1-4-13-12(18(24)25)9-16(27-13)17(23)22(3)10-11-6-7-14(28-19(20)21)15(8-11)26-5-2/h6-9,19H,4-5,10H2,1-3H3,(H,24,25). The number of carbonyl (C=O) groups is 2. The number of aromatic carboxylic acids is 1. The van der Waals surface area contributed by atoms with Crippen molar-refractivity contribution in [3.8, 4) is 11.5 Å². The van der Waals surface area contributed by atoms with Gasteiger partial charge in [0.05, 0.1) is 6.61 Å². The smallest absolute Gasteiger partial charge is 0.387 e. The third-order valence-electron chi connectivity index (χ3n) is 3.86. The Balaban J connectivity index is 2.19. The van der Waals surface area contributed by atoms with Gasteiger partial charge in [0.1, 0.15) is 11.3 Å². The van der Waals surface area contributed by atoms with E-state index < -0.39 is 18.5 Å². The summed E-state index contributed by atoms with van der Waals surface area (Å²) in [4.78, 5) is 25.1. The fourth-order valence-corrected chi connectivity index (χ4v) is 2.62. The molecule has 0 radical (unpaired) electrons. The lowest BCUT2D eigenvalue weighted by Gasteiger charge is -2.18. The Morgan fingerprint density at radius 2 is 1.93 bits per heavy atom. The first kappa shape index (κ1) is 21.2. The van der Waals surface area contributed by atoms with E-state index in [4.69, 9.17) is 9.15 Å². The van der Waals surface area contributed by atoms with E-state index in [0.29, 0.717) is 12.0 Å². The van der Waals surface area contributed by atoms with Crippen molar-refractivity contribution in [1.82, 2.24) is 4.90 Å². The number of carboxylic acid groups (broad SMARTS) is 1. The summed E-state index contributed by atoms with van der Waals surface area (Å²) in [6.45, 7) is 0.822. The van der Waals surface area contributed by atoms with Gasteiger partial charge in [-0.2, -0.15) is 8.78 Å². The Labute approximate surface area is 160 Å². The molecule has 0 fully saturated rings. The van der Waals surface area contributed by atoms with E-state index in [1.807, 2.05) is 0 Å². The molecule has 0 bridgehead atoms. The number of nitrogens with zero attached hydrogens (tertiary/aromatic N) is 1. The van der Waals surface area contributed by atoms with Crippen molar-refractivity contribution < 1.29 is 37.4 Å². The normalized spacial score (nSPS) is 10.8. The number of hydrogen-bond acceptors (Lipinski definition) is 5. The number of carbonyl (C=O) groups excluding carboxylic acids is 1. The first-order chi connectivity index (χ1) is 13.3. The lowest BCUT2D eigenvalue weighted by atomic mass is 10.1. The topological polar surface area (TPSA) is 89.2 Å². The predicted octanol–water partition coefficient (Wildman–Crippen LogP) is 3.81. The van der Waals surface area contributed by atoms with Crippen LogP contribution in [0, 0.1) is 0 Å². The molecule has 1 amide bonds. The van der Waals surface area contributed by atoms with E-state index >= 15 is 0 Å². The van der Waals surface area contributed by atoms with Gasteiger partial charge in [-0.05, 0) is 24.6 Å². The van der Waals surface area contributed by atoms with Crippen LogP contribution in [0.3, 0.4) is 0 Å². The van der Waals surface area contributed by atoms with Crippen LogP contribution >= 0.6 is 0 Å². The van der Waals surface area contributed by atoms with Gasteiger partial charge in [0.2, 0.25) is 0 Å². The SMILES string of the molecule is CCOc1cc(CN(C)C(=O)c2cc(C(=O)O)c(CC)o2)ccc1OC(F)F. The molecule has 0 spiro atoms. The van der Waals surface area contributed by atoms with Crippen molar-refractivity contribution in [2.45, 2.75) is 33.4 Å². The summed E-state index contributed by atoms with van der Waals surface area (Å²) in [5.74, 6) is -1.50. The zero-order valence-corrected chi connectivity index (χ0v) is 15.7. The maximum Gasteiger partial charge on any atom is 0.387 e. The summed E-state index contributed by atoms with van der Waals surface area (Å²) < 4.78 is 40.1. The quantitative estimate of drug-likeness (QED) is 0.692. The molecule has 0 aliphatic rings. The molecule has 0 saturated heterocycles. The summed E-state index contributed by atoms with van der Waals surface area (Å²) in [5.41, 5.74) is 0.563. The van der Waals surface area contributed by atoms with Gasteiger partial charge in [0, 0.05) is 26.1 Å². The van der Waals surface area contributed by atoms with Gasteiger partial charge in [-0.3, -0.25) is 4.79 Å². The molecule has 7 nitrogen and oxygen atoms in total. The molecule has 0 atom stereocenters. The van der Waals surface area contributed by atoms with E-state index in [0.717, 1.165) is 0 Å². The van der Waals surface area contributed by atoms with Crippen LogP contribution < -0.4 is 9.47 Å². The van der Waals surface area contributed by atoms with Crippen molar-refractivity contribution in [1.29, 1.82) is 0 Å². The van der Waals surface area contributed by atoms with Crippen LogP contribution in [0.5, 0.6) is 11.5 Å². The zero-order chi connectivity index (χ0) is 20.8. The molecule has 2 rings (SSSR count). The molecule has 28 heavy (non-hydrogen) atoms. The minimum absolute atomic E-state index is 0.0496. The monoisotopic (exact) mass is 397 g/mol. The highest BCUT2D eigenvalue weighted by molar-refractivity contribution is 5.96. The Kier molecular flexibility index (Phi) is 6.97. The highest BCUT2D eigenvalue weighted by Crippen LogP contribution is 2.30. The van der Waals surface area contributed by atoms with Crippen molar-refractivity contribution in [3.63, 3.8) is 0 Å². The summed E-state index contributed by atoms with van der Waals surface area (Å²) >= 11 is 0. The largest absolute Gasteiger partial charge is 0.490 e. The number of amides is 1. The van der Waals surface area contributed by atoms with Crippen LogP contribution in [-0.4, -0.2) is 42.1 Å². The molecule has 0 aliphatic carbocycles. The number of halogens is 2. The summed E-state index contributed by atoms with van der Waals surface area (Å²) in [5, 5.41) is 9.17. The van der Waals surface area contributed by atoms with Gasteiger partial charge in [-0.1, -0.05) is 13.0 Å². The fraction of sp³-hybridized carbons (Fsp3) is 0.368. The van der Waals surface area contributed by atoms with Crippen molar-refractivity contribution in [2.24, 2.45) is 0 Å². The lowest BCUT2D eigenvalue weighted by molar-refractivity contribution is -0.0514. The average Bonchev–Trinajstić information content (AvgIpc) is 3.07. The van der Waals surface area contributed by atoms with Gasteiger partial charge in [0.15, 0.2) is 17.3 Å². The Morgan fingerprint density at radius 1 is 1.21 bits per heavy atom. The molecule has 1 aromatic carbocycles. The minimum atomic E-state index is -2.98. The average molecular weight is 397 g/mol. The molecule has 9 heteroatoms. The van der Waals surface area contributed by atoms with Gasteiger partial charge in [-0.15, -0.1) is 0 Å². The molecule has 2 aromatic rings. The third kappa shape index (κ3) is 4.99. The maximum absolute atomic E-state index is 12.6. The third-order valence-corrected chi connectivity index (χ3v) is 3.86. The Hall–Kier alpha value is -3.10. The molecule has 1 heterocycles. The van der Waals surface area contributed by atoms with Gasteiger partial charge >= 0.3 is 12.6 Å². The molecular formula is C19H21F2NO6. The Morgan fingerprint density at radius 3 is 2.46 bits per heavy atom. The molecule has 1 N–H and O–H groups in total. The number of alkyl halides is 2. The van der Waals surface area contributed by atoms with Crippen LogP contribution in [0.4, 0.5) is 8.78 Å². The van der Waals surface area contributed by atoms with E-state index in [2.05, 4.69) is 4.74 Å². The number of rotatable bonds is 9. The summed E-state index contributed by atoms with van der Waals surface area (Å²) in [6.07, 6.45) is 0.335. The highest BCUT2D eigenvalue weighted by atomic mass is 19.3. The van der Waals surface area contributed by atoms with E-state index in [-0.39, 0.29) is 41.7 Å². The van der Waals surface area contributed by atoms with Crippen molar-refractivity contribution in [3.05, 3.63) is 46.9 Å². The zero-order valence-electron chi connectivity index (χ0n) is 15.7. The fourth-order valence-electron chi connectivity index (χ4n) is 2.62. The minimum Gasteiger partial charge on any atom is -0.490 e. The summed E-state index contributed by atoms with van der Waals surface area (Å²) in [7, 11) is 1.51. The van der Waals surface area contributed by atoms with Crippen LogP contribution in [0.2, 0.25) is 0 Å². The van der Waals surface area contributed by atoms with E-state index in [9.17, 15) is 23.5 Å². The summed E-state index contributed by atoms with van der Waals surface area (Å²) in [6, 6.07) is 5.58. The van der Waals surface area contributed by atoms with Crippen molar-refractivity contribution >= 4 is 11.9 Å². The molecule has 1 aromatic heterocycles. The predicted molar refractivity (Wildman–Crippen MR) is 95.1 cm³/mol. The Bertz CT molecular complexity index is 849. The second-order valence-corrected chi connectivity index (χ2v) is 5.86. The number of furan rings is 1. The van der Waals surface area contributed by atoms with E-state index in [1.165, 1.54) is 36.2 Å². The molecule has 152 valence electrons. The number of hydrogen-bond donors (Lipinski definition) is 1. The highest BCUT2D eigenvalue weighted by Gasteiger charge is 2.23. The lowest BCUT2D eigenvalue weighted by Crippen LogP contribution is -2.25. The number of benzene rings is 1. The van der Waals surface area contributed by atoms with Crippen LogP contribution in [0.1, 0.15) is 46.1 Å². The van der Waals surface area contributed by atoms with Crippen LogP contribution in [0.15, 0.2) is 28.7 Å². The second-order valence-electron chi connectivity index (χ2n) is 5.86. The molecule has 0 saturated carbocycles.